The van der Waals surface area contributed by atoms with Gasteiger partial charge in [0.25, 0.3) is 0 Å². The normalized spacial score (nSPS) is 18.3. The van der Waals surface area contributed by atoms with E-state index in [4.69, 9.17) is 11.6 Å². The van der Waals surface area contributed by atoms with Gasteiger partial charge in [0.2, 0.25) is 11.8 Å². The number of halogens is 1. The number of carbonyl (C=O) groups excluding carboxylic acids is 2. The summed E-state index contributed by atoms with van der Waals surface area (Å²) in [6.07, 6.45) is 0.246. The first-order valence-corrected chi connectivity index (χ1v) is 7.16. The maximum atomic E-state index is 12.5. The molecule has 0 N–H and O–H groups in total. The molecule has 0 bridgehead atoms. The van der Waals surface area contributed by atoms with Crippen molar-refractivity contribution < 1.29 is 9.59 Å². The third-order valence-corrected chi connectivity index (χ3v) is 3.95. The van der Waals surface area contributed by atoms with E-state index in [2.05, 4.69) is 0 Å². The zero-order valence-electron chi connectivity index (χ0n) is 11.3. The molecular weight excluding hydrogens is 286 g/mol. The molecule has 3 nitrogen and oxygen atoms in total. The number of likely N-dealkylation sites (tertiary alicyclic amines) is 1. The van der Waals surface area contributed by atoms with E-state index in [-0.39, 0.29) is 24.2 Å². The Labute approximate surface area is 128 Å². The Bertz CT molecular complexity index is 667. The van der Waals surface area contributed by atoms with E-state index in [9.17, 15) is 9.59 Å². The van der Waals surface area contributed by atoms with Gasteiger partial charge in [-0.05, 0) is 23.3 Å². The second-order valence-corrected chi connectivity index (χ2v) is 5.55. The van der Waals surface area contributed by atoms with Crippen molar-refractivity contribution in [2.75, 3.05) is 0 Å². The lowest BCUT2D eigenvalue weighted by atomic mass is 9.98. The molecule has 2 aromatic carbocycles. The van der Waals surface area contributed by atoms with E-state index in [1.807, 2.05) is 42.5 Å². The molecule has 1 unspecified atom stereocenters. The number of benzene rings is 2. The summed E-state index contributed by atoms with van der Waals surface area (Å²) in [5.41, 5.74) is 1.80. The fourth-order valence-electron chi connectivity index (χ4n) is 2.57. The summed E-state index contributed by atoms with van der Waals surface area (Å²) in [6.45, 7) is 0.304. The van der Waals surface area contributed by atoms with Crippen LogP contribution < -0.4 is 0 Å². The number of carbonyl (C=O) groups is 2. The van der Waals surface area contributed by atoms with Crippen molar-refractivity contribution in [3.8, 4) is 0 Å². The Kier molecular flexibility index (Phi) is 3.76. The van der Waals surface area contributed by atoms with Crippen molar-refractivity contribution in [2.45, 2.75) is 18.9 Å². The summed E-state index contributed by atoms with van der Waals surface area (Å²) >= 11 is 5.84. The van der Waals surface area contributed by atoms with Crippen LogP contribution in [-0.4, -0.2) is 16.7 Å². The first-order chi connectivity index (χ1) is 10.1. The summed E-state index contributed by atoms with van der Waals surface area (Å²) in [5, 5.41) is 0.639. The van der Waals surface area contributed by atoms with Gasteiger partial charge in [0, 0.05) is 11.4 Å². The highest BCUT2D eigenvalue weighted by Crippen LogP contribution is 2.30. The molecule has 4 heteroatoms. The predicted molar refractivity (Wildman–Crippen MR) is 80.8 cm³/mol. The van der Waals surface area contributed by atoms with Crippen molar-refractivity contribution in [2.24, 2.45) is 0 Å². The standard InChI is InChI=1S/C17H14ClNO2/c18-14-8-6-12(7-9-14)11-19-16(20)10-15(17(19)21)13-4-2-1-3-5-13/h1-9,15H,10-11H2. The molecule has 1 fully saturated rings. The van der Waals surface area contributed by atoms with Gasteiger partial charge in [-0.15, -0.1) is 0 Å². The van der Waals surface area contributed by atoms with E-state index >= 15 is 0 Å². The average Bonchev–Trinajstić information content (AvgIpc) is 2.78. The van der Waals surface area contributed by atoms with Crippen molar-refractivity contribution in [1.29, 1.82) is 0 Å². The van der Waals surface area contributed by atoms with Gasteiger partial charge >= 0.3 is 0 Å². The first-order valence-electron chi connectivity index (χ1n) is 6.79. The highest BCUT2D eigenvalue weighted by molar-refractivity contribution is 6.30. The molecule has 21 heavy (non-hydrogen) atoms. The molecule has 2 amide bonds. The summed E-state index contributed by atoms with van der Waals surface area (Å²) in [5.74, 6) is -0.601. The Morgan fingerprint density at radius 2 is 1.67 bits per heavy atom. The topological polar surface area (TPSA) is 37.4 Å². The highest BCUT2D eigenvalue weighted by atomic mass is 35.5. The van der Waals surface area contributed by atoms with E-state index in [1.54, 1.807) is 12.1 Å². The van der Waals surface area contributed by atoms with Crippen LogP contribution >= 0.6 is 11.6 Å². The van der Waals surface area contributed by atoms with Gasteiger partial charge in [-0.2, -0.15) is 0 Å². The van der Waals surface area contributed by atoms with Crippen LogP contribution in [0.4, 0.5) is 0 Å². The number of imide groups is 1. The van der Waals surface area contributed by atoms with Crippen LogP contribution in [-0.2, 0) is 16.1 Å². The van der Waals surface area contributed by atoms with Crippen molar-refractivity contribution in [1.82, 2.24) is 4.90 Å². The van der Waals surface area contributed by atoms with E-state index in [0.717, 1.165) is 11.1 Å². The molecule has 106 valence electrons. The van der Waals surface area contributed by atoms with Gasteiger partial charge in [0.15, 0.2) is 0 Å². The molecule has 0 aliphatic carbocycles. The maximum absolute atomic E-state index is 12.5. The van der Waals surface area contributed by atoms with Gasteiger partial charge in [0.1, 0.15) is 0 Å². The zero-order valence-corrected chi connectivity index (χ0v) is 12.1. The molecule has 0 spiro atoms. The molecule has 1 atom stereocenters. The molecule has 1 saturated heterocycles. The lowest BCUT2D eigenvalue weighted by molar-refractivity contribution is -0.139. The average molecular weight is 300 g/mol. The lowest BCUT2D eigenvalue weighted by Gasteiger charge is -2.15. The fraction of sp³-hybridized carbons (Fsp3) is 0.176. The van der Waals surface area contributed by atoms with Crippen LogP contribution in [0.1, 0.15) is 23.5 Å². The number of nitrogens with zero attached hydrogens (tertiary/aromatic N) is 1. The molecule has 1 aliphatic heterocycles. The first kappa shape index (κ1) is 13.8. The second-order valence-electron chi connectivity index (χ2n) is 5.11. The van der Waals surface area contributed by atoms with E-state index in [0.29, 0.717) is 11.6 Å². The third-order valence-electron chi connectivity index (χ3n) is 3.70. The number of rotatable bonds is 3. The molecule has 1 aliphatic rings. The maximum Gasteiger partial charge on any atom is 0.237 e. The Balaban J connectivity index is 1.79. The van der Waals surface area contributed by atoms with Gasteiger partial charge in [-0.25, -0.2) is 0 Å². The fourth-order valence-corrected chi connectivity index (χ4v) is 2.69. The molecule has 2 aromatic rings. The van der Waals surface area contributed by atoms with Gasteiger partial charge in [-0.3, -0.25) is 14.5 Å². The smallest absolute Gasteiger partial charge is 0.237 e. The number of hydrogen-bond acceptors (Lipinski definition) is 2. The number of hydrogen-bond donors (Lipinski definition) is 0. The molecule has 0 saturated carbocycles. The summed E-state index contributed by atoms with van der Waals surface area (Å²) in [6, 6.07) is 16.6. The Hall–Kier alpha value is -2.13. The molecular formula is C17H14ClNO2. The van der Waals surface area contributed by atoms with E-state index in [1.165, 1.54) is 4.90 Å². The van der Waals surface area contributed by atoms with Crippen LogP contribution in [0.15, 0.2) is 54.6 Å². The minimum absolute atomic E-state index is 0.121. The minimum atomic E-state index is -0.356. The van der Waals surface area contributed by atoms with Crippen LogP contribution in [0.5, 0.6) is 0 Å². The van der Waals surface area contributed by atoms with E-state index < -0.39 is 0 Å². The van der Waals surface area contributed by atoms with Crippen LogP contribution in [0, 0.1) is 0 Å². The molecule has 3 rings (SSSR count). The Morgan fingerprint density at radius 3 is 2.33 bits per heavy atom. The predicted octanol–water partition coefficient (Wildman–Crippen LogP) is 3.38. The monoisotopic (exact) mass is 299 g/mol. The van der Waals surface area contributed by atoms with Crippen molar-refractivity contribution in [3.63, 3.8) is 0 Å². The van der Waals surface area contributed by atoms with Gasteiger partial charge in [0.05, 0.1) is 12.5 Å². The molecule has 0 radical (unpaired) electrons. The highest BCUT2D eigenvalue weighted by Gasteiger charge is 2.39. The van der Waals surface area contributed by atoms with Gasteiger partial charge < -0.3 is 0 Å². The van der Waals surface area contributed by atoms with Crippen molar-refractivity contribution in [3.05, 3.63) is 70.7 Å². The lowest BCUT2D eigenvalue weighted by Crippen LogP contribution is -2.29. The van der Waals surface area contributed by atoms with Crippen LogP contribution in [0.2, 0.25) is 5.02 Å². The zero-order chi connectivity index (χ0) is 14.8. The quantitative estimate of drug-likeness (QED) is 0.815. The Morgan fingerprint density at radius 1 is 1.00 bits per heavy atom. The second kappa shape index (κ2) is 5.70. The summed E-state index contributed by atoms with van der Waals surface area (Å²) < 4.78 is 0. The molecule has 0 aromatic heterocycles. The largest absolute Gasteiger partial charge is 0.278 e. The van der Waals surface area contributed by atoms with Crippen LogP contribution in [0.3, 0.4) is 0 Å². The van der Waals surface area contributed by atoms with Crippen LogP contribution in [0.25, 0.3) is 0 Å². The summed E-state index contributed by atoms with van der Waals surface area (Å²) in [7, 11) is 0. The third kappa shape index (κ3) is 2.83. The number of amides is 2. The minimum Gasteiger partial charge on any atom is -0.278 e. The summed E-state index contributed by atoms with van der Waals surface area (Å²) in [4.78, 5) is 25.9. The van der Waals surface area contributed by atoms with Crippen molar-refractivity contribution >= 4 is 23.4 Å². The SMILES string of the molecule is O=C1CC(c2ccccc2)C(=O)N1Cc1ccc(Cl)cc1. The molecule has 1 heterocycles. The van der Waals surface area contributed by atoms with Gasteiger partial charge in [-0.1, -0.05) is 54.1 Å².